The number of nitrogens with one attached hydrogen (secondary N) is 2. The molecule has 46 heavy (non-hydrogen) atoms. The fraction of sp³-hybridized carbons (Fsp3) is 0.342. The van der Waals surface area contributed by atoms with Gasteiger partial charge in [-0.25, -0.2) is 0 Å². The summed E-state index contributed by atoms with van der Waals surface area (Å²) < 4.78 is 2.01. The predicted molar refractivity (Wildman–Crippen MR) is 182 cm³/mol. The molecule has 1 aliphatic heterocycles. The van der Waals surface area contributed by atoms with E-state index < -0.39 is 12.1 Å². The zero-order valence-corrected chi connectivity index (χ0v) is 26.8. The number of amides is 3. The average Bonchev–Trinajstić information content (AvgIpc) is 3.81. The van der Waals surface area contributed by atoms with Crippen LogP contribution in [0, 0.1) is 0 Å². The summed E-state index contributed by atoms with van der Waals surface area (Å²) in [5, 5.41) is 6.00. The maximum Gasteiger partial charge on any atom is 0.253 e. The number of rotatable bonds is 14. The van der Waals surface area contributed by atoms with E-state index in [4.69, 9.17) is 0 Å². The number of benzene rings is 3. The van der Waals surface area contributed by atoms with Crippen molar-refractivity contribution in [3.63, 3.8) is 0 Å². The Labute approximate surface area is 272 Å². The first-order valence-corrected chi connectivity index (χ1v) is 16.3. The number of likely N-dealkylation sites (tertiary alicyclic amines) is 1. The van der Waals surface area contributed by atoms with E-state index in [9.17, 15) is 14.4 Å². The Morgan fingerprint density at radius 3 is 2.11 bits per heavy atom. The Kier molecular flexibility index (Phi) is 11.4. The van der Waals surface area contributed by atoms with Gasteiger partial charge in [0.25, 0.3) is 5.91 Å². The van der Waals surface area contributed by atoms with Crippen molar-refractivity contribution < 1.29 is 14.4 Å². The highest BCUT2D eigenvalue weighted by Gasteiger charge is 2.36. The molecule has 1 fully saturated rings. The van der Waals surface area contributed by atoms with Crippen LogP contribution >= 0.6 is 0 Å². The summed E-state index contributed by atoms with van der Waals surface area (Å²) in [6.07, 6.45) is 7.50. The molecule has 3 atom stereocenters. The van der Waals surface area contributed by atoms with Crippen LogP contribution in [0.3, 0.4) is 0 Å². The van der Waals surface area contributed by atoms with Crippen LogP contribution in [0.15, 0.2) is 109 Å². The lowest BCUT2D eigenvalue weighted by atomic mass is 10.0. The zero-order valence-electron chi connectivity index (χ0n) is 26.8. The maximum absolute atomic E-state index is 14.2. The molecule has 5 rings (SSSR count). The minimum atomic E-state index is -0.654. The van der Waals surface area contributed by atoms with Gasteiger partial charge >= 0.3 is 0 Å². The second-order valence-electron chi connectivity index (χ2n) is 12.0. The van der Waals surface area contributed by atoms with Gasteiger partial charge in [0, 0.05) is 49.3 Å². The third-order valence-electron chi connectivity index (χ3n) is 8.91. The molecule has 0 aliphatic carbocycles. The third kappa shape index (κ3) is 8.52. The van der Waals surface area contributed by atoms with Crippen LogP contribution in [0.25, 0.3) is 5.69 Å². The minimum Gasteiger partial charge on any atom is -0.343 e. The molecule has 3 amide bonds. The van der Waals surface area contributed by atoms with Crippen LogP contribution in [0.2, 0.25) is 0 Å². The lowest BCUT2D eigenvalue weighted by molar-refractivity contribution is -0.137. The van der Waals surface area contributed by atoms with Gasteiger partial charge < -0.3 is 25.0 Å². The Balaban J connectivity index is 1.33. The maximum atomic E-state index is 14.2. The fourth-order valence-corrected chi connectivity index (χ4v) is 6.06. The minimum absolute atomic E-state index is 0.0499. The quantitative estimate of drug-likeness (QED) is 0.211. The first kappa shape index (κ1) is 32.7. The molecule has 0 unspecified atom stereocenters. The number of carbonyl (C=O) groups is 3. The van der Waals surface area contributed by atoms with Gasteiger partial charge in [0.2, 0.25) is 11.8 Å². The van der Waals surface area contributed by atoms with Gasteiger partial charge in [-0.05, 0) is 93.6 Å². The number of nitrogens with zero attached hydrogens (tertiary/aromatic N) is 3. The third-order valence-corrected chi connectivity index (χ3v) is 8.91. The lowest BCUT2D eigenvalue weighted by Crippen LogP contribution is -2.55. The summed E-state index contributed by atoms with van der Waals surface area (Å²) in [5.74, 6) is -0.333. The largest absolute Gasteiger partial charge is 0.343 e. The Morgan fingerprint density at radius 2 is 1.48 bits per heavy atom. The summed E-state index contributed by atoms with van der Waals surface area (Å²) in [5.41, 5.74) is 3.88. The summed E-state index contributed by atoms with van der Waals surface area (Å²) in [4.78, 5) is 44.9. The highest BCUT2D eigenvalue weighted by molar-refractivity contribution is 5.94. The molecule has 3 aromatic carbocycles. The Hall–Kier alpha value is -4.69. The van der Waals surface area contributed by atoms with Crippen LogP contribution < -0.4 is 10.6 Å². The molecular formula is C38H45N5O3. The number of aromatic nitrogens is 1. The van der Waals surface area contributed by atoms with Crippen LogP contribution in [0.5, 0.6) is 0 Å². The highest BCUT2D eigenvalue weighted by Crippen LogP contribution is 2.23. The Morgan fingerprint density at radius 1 is 0.848 bits per heavy atom. The van der Waals surface area contributed by atoms with Gasteiger partial charge in [0.1, 0.15) is 6.04 Å². The Bertz CT molecular complexity index is 1540. The average molecular weight is 620 g/mol. The molecule has 8 nitrogen and oxygen atoms in total. The fourth-order valence-electron chi connectivity index (χ4n) is 6.06. The van der Waals surface area contributed by atoms with E-state index in [2.05, 4.69) is 22.8 Å². The molecule has 240 valence electrons. The highest BCUT2D eigenvalue weighted by atomic mass is 16.2. The van der Waals surface area contributed by atoms with Crippen molar-refractivity contribution in [2.45, 2.75) is 57.2 Å². The van der Waals surface area contributed by atoms with Crippen molar-refractivity contribution >= 4 is 17.7 Å². The summed E-state index contributed by atoms with van der Waals surface area (Å²) in [6, 6.07) is 30.6. The van der Waals surface area contributed by atoms with Crippen molar-refractivity contribution in [1.82, 2.24) is 25.0 Å². The second-order valence-corrected chi connectivity index (χ2v) is 12.0. The topological polar surface area (TPSA) is 86.7 Å². The van der Waals surface area contributed by atoms with Crippen LogP contribution in [0.1, 0.15) is 47.7 Å². The van der Waals surface area contributed by atoms with Gasteiger partial charge in [-0.1, -0.05) is 60.7 Å². The normalized spacial score (nSPS) is 15.7. The lowest BCUT2D eigenvalue weighted by Gasteiger charge is -2.33. The summed E-state index contributed by atoms with van der Waals surface area (Å²) in [7, 11) is 1.73. The van der Waals surface area contributed by atoms with E-state index in [1.54, 1.807) is 14.0 Å². The first-order valence-electron chi connectivity index (χ1n) is 16.3. The first-order chi connectivity index (χ1) is 22.4. The molecule has 0 saturated carbocycles. The molecule has 1 saturated heterocycles. The molecule has 2 heterocycles. The number of hydrogen-bond acceptors (Lipinski definition) is 4. The van der Waals surface area contributed by atoms with E-state index in [0.717, 1.165) is 29.7 Å². The van der Waals surface area contributed by atoms with E-state index in [1.165, 1.54) is 0 Å². The van der Waals surface area contributed by atoms with Crippen molar-refractivity contribution in [3.05, 3.63) is 126 Å². The van der Waals surface area contributed by atoms with E-state index >= 15 is 0 Å². The molecule has 8 heteroatoms. The van der Waals surface area contributed by atoms with Crippen LogP contribution in [0.4, 0.5) is 0 Å². The van der Waals surface area contributed by atoms with Gasteiger partial charge in [-0.2, -0.15) is 0 Å². The molecule has 1 aliphatic rings. The number of likely N-dealkylation sites (N-methyl/N-ethyl adjacent to an activating group) is 1. The molecule has 0 spiro atoms. The zero-order chi connectivity index (χ0) is 32.3. The van der Waals surface area contributed by atoms with Gasteiger partial charge in [-0.3, -0.25) is 14.4 Å². The van der Waals surface area contributed by atoms with E-state index in [-0.39, 0.29) is 23.8 Å². The molecular weight excluding hydrogens is 574 g/mol. The van der Waals surface area contributed by atoms with Gasteiger partial charge in [0.05, 0.1) is 6.04 Å². The number of aryl methyl sites for hydroxylation is 1. The second kappa shape index (κ2) is 16.0. The molecule has 2 N–H and O–H groups in total. The summed E-state index contributed by atoms with van der Waals surface area (Å²) in [6.45, 7) is 3.36. The predicted octanol–water partition coefficient (Wildman–Crippen LogP) is 4.88. The summed E-state index contributed by atoms with van der Waals surface area (Å²) >= 11 is 0. The number of hydrogen-bond donors (Lipinski definition) is 2. The number of carbonyl (C=O) groups excluding carboxylic acids is 3. The van der Waals surface area contributed by atoms with E-state index in [1.807, 2.05) is 112 Å². The van der Waals surface area contributed by atoms with Crippen molar-refractivity contribution in [2.24, 2.45) is 0 Å². The monoisotopic (exact) mass is 619 g/mol. The van der Waals surface area contributed by atoms with Crippen LogP contribution in [-0.2, 0) is 22.4 Å². The van der Waals surface area contributed by atoms with Gasteiger partial charge in [-0.15, -0.1) is 0 Å². The molecule has 1 aromatic heterocycles. The van der Waals surface area contributed by atoms with Crippen molar-refractivity contribution in [3.8, 4) is 5.69 Å². The molecule has 0 radical (unpaired) electrons. The van der Waals surface area contributed by atoms with E-state index in [0.29, 0.717) is 44.5 Å². The van der Waals surface area contributed by atoms with Gasteiger partial charge in [0.15, 0.2) is 0 Å². The van der Waals surface area contributed by atoms with Crippen molar-refractivity contribution in [1.29, 1.82) is 0 Å². The molecule has 4 aromatic rings. The molecule has 0 bridgehead atoms. The van der Waals surface area contributed by atoms with Crippen LogP contribution in [-0.4, -0.2) is 76.9 Å². The smallest absolute Gasteiger partial charge is 0.253 e. The standard InChI is InChI=1S/C38H45N5O3/c1-29(39-2)36(44)40-35(22-17-30-12-5-3-6-13-30)38(46)43-26-11-16-34(43)28-42(27-23-31-14-7-4-8-15-31)37(45)32-18-20-33(21-19-32)41-24-9-10-25-41/h3-10,12-15,18-21,24-25,29,34-35,39H,11,16-17,22-23,26-28H2,1-2H3,(H,40,44)/t29-,34-,35-/m0/s1. The van der Waals surface area contributed by atoms with Crippen molar-refractivity contribution in [2.75, 3.05) is 26.7 Å². The SMILES string of the molecule is CN[C@@H](C)C(=O)N[C@@H](CCc1ccccc1)C(=O)N1CCC[C@H]1CN(CCc1ccccc1)C(=O)c1ccc(-n2cccc2)cc1.